The third-order valence-corrected chi connectivity index (χ3v) is 3.49. The van der Waals surface area contributed by atoms with Crippen LogP contribution in [0.25, 0.3) is 0 Å². The van der Waals surface area contributed by atoms with Crippen molar-refractivity contribution in [2.45, 2.75) is 39.2 Å². The quantitative estimate of drug-likeness (QED) is 0.629. The van der Waals surface area contributed by atoms with Crippen molar-refractivity contribution in [2.24, 2.45) is 17.8 Å². The number of nitrogens with one attached hydrogen (secondary N) is 1. The summed E-state index contributed by atoms with van der Waals surface area (Å²) >= 11 is 0. The van der Waals surface area contributed by atoms with Crippen molar-refractivity contribution in [1.82, 2.24) is 5.32 Å². The van der Waals surface area contributed by atoms with E-state index in [2.05, 4.69) is 31.4 Å². The van der Waals surface area contributed by atoms with Gasteiger partial charge in [0.1, 0.15) is 0 Å². The van der Waals surface area contributed by atoms with Gasteiger partial charge in [0.05, 0.1) is 0 Å². The second kappa shape index (κ2) is 3.12. The summed E-state index contributed by atoms with van der Waals surface area (Å²) in [6.07, 6.45) is 8.77. The summed E-state index contributed by atoms with van der Waals surface area (Å²) in [5.74, 6) is 2.58. The zero-order valence-electron chi connectivity index (χ0n) is 8.09. The first-order chi connectivity index (χ1) is 5.79. The second-order valence-corrected chi connectivity index (χ2v) is 4.55. The lowest BCUT2D eigenvalue weighted by Crippen LogP contribution is -2.40. The van der Waals surface area contributed by atoms with E-state index >= 15 is 0 Å². The van der Waals surface area contributed by atoms with E-state index in [4.69, 9.17) is 0 Å². The molecule has 0 aromatic carbocycles. The summed E-state index contributed by atoms with van der Waals surface area (Å²) < 4.78 is 0. The van der Waals surface area contributed by atoms with Gasteiger partial charge in [0.2, 0.25) is 0 Å². The monoisotopic (exact) mass is 165 g/mol. The van der Waals surface area contributed by atoms with Crippen LogP contribution in [0.15, 0.2) is 12.3 Å². The first-order valence-corrected chi connectivity index (χ1v) is 5.22. The molecule has 1 saturated carbocycles. The lowest BCUT2D eigenvalue weighted by atomic mass is 9.73. The van der Waals surface area contributed by atoms with Crippen molar-refractivity contribution in [3.8, 4) is 0 Å². The van der Waals surface area contributed by atoms with Crippen molar-refractivity contribution >= 4 is 0 Å². The molecule has 3 unspecified atom stereocenters. The molecule has 1 fully saturated rings. The molecular formula is C11H19N. The standard InChI is InChI=1S/C11H19N/c1-8(2)10-5-3-4-9-6-7-12-11(9)10/h6-12H,3-5H2,1-2H3. The minimum atomic E-state index is 0.763. The van der Waals surface area contributed by atoms with Gasteiger partial charge in [0, 0.05) is 6.04 Å². The largest absolute Gasteiger partial charge is 0.388 e. The summed E-state index contributed by atoms with van der Waals surface area (Å²) in [4.78, 5) is 0. The van der Waals surface area contributed by atoms with Gasteiger partial charge in [-0.15, -0.1) is 0 Å². The topological polar surface area (TPSA) is 12.0 Å². The SMILES string of the molecule is CC(C)C1CCCC2C=CNC21. The Labute approximate surface area is 75.2 Å². The fourth-order valence-electron chi connectivity index (χ4n) is 2.77. The first-order valence-electron chi connectivity index (χ1n) is 5.22. The van der Waals surface area contributed by atoms with E-state index in [-0.39, 0.29) is 0 Å². The maximum Gasteiger partial charge on any atom is 0.0349 e. The van der Waals surface area contributed by atoms with Crippen LogP contribution in [0.1, 0.15) is 33.1 Å². The highest BCUT2D eigenvalue weighted by atomic mass is 14.9. The molecular weight excluding hydrogens is 146 g/mol. The molecule has 12 heavy (non-hydrogen) atoms. The van der Waals surface area contributed by atoms with Gasteiger partial charge in [0.15, 0.2) is 0 Å². The molecule has 0 amide bonds. The van der Waals surface area contributed by atoms with Gasteiger partial charge in [-0.25, -0.2) is 0 Å². The Morgan fingerprint density at radius 1 is 1.33 bits per heavy atom. The van der Waals surface area contributed by atoms with E-state index in [1.165, 1.54) is 19.3 Å². The molecule has 1 nitrogen and oxygen atoms in total. The Morgan fingerprint density at radius 2 is 2.17 bits per heavy atom. The third-order valence-electron chi connectivity index (χ3n) is 3.49. The van der Waals surface area contributed by atoms with Gasteiger partial charge in [0.25, 0.3) is 0 Å². The van der Waals surface area contributed by atoms with E-state index in [0.717, 1.165) is 23.8 Å². The molecule has 0 saturated heterocycles. The maximum atomic E-state index is 3.51. The number of fused-ring (bicyclic) bond motifs is 1. The minimum Gasteiger partial charge on any atom is -0.388 e. The molecule has 2 rings (SSSR count). The minimum absolute atomic E-state index is 0.763. The molecule has 2 aliphatic rings. The van der Waals surface area contributed by atoms with E-state index in [1.54, 1.807) is 0 Å². The maximum absolute atomic E-state index is 3.51. The molecule has 1 aliphatic carbocycles. The number of hydrogen-bond acceptors (Lipinski definition) is 1. The van der Waals surface area contributed by atoms with Crippen LogP contribution in [0.3, 0.4) is 0 Å². The Morgan fingerprint density at radius 3 is 2.92 bits per heavy atom. The van der Waals surface area contributed by atoms with Crippen LogP contribution in [0.5, 0.6) is 0 Å². The van der Waals surface area contributed by atoms with Crippen molar-refractivity contribution in [2.75, 3.05) is 0 Å². The smallest absolute Gasteiger partial charge is 0.0349 e. The van der Waals surface area contributed by atoms with Crippen molar-refractivity contribution in [1.29, 1.82) is 0 Å². The molecule has 0 spiro atoms. The second-order valence-electron chi connectivity index (χ2n) is 4.55. The molecule has 0 aromatic heterocycles. The summed E-state index contributed by atoms with van der Waals surface area (Å²) in [5, 5.41) is 3.51. The van der Waals surface area contributed by atoms with Crippen LogP contribution < -0.4 is 5.32 Å². The highest BCUT2D eigenvalue weighted by Crippen LogP contribution is 2.36. The average molecular weight is 165 g/mol. The predicted octanol–water partition coefficient (Wildman–Crippen LogP) is 2.54. The first kappa shape index (κ1) is 8.15. The highest BCUT2D eigenvalue weighted by molar-refractivity contribution is 5.06. The fourth-order valence-corrected chi connectivity index (χ4v) is 2.77. The van der Waals surface area contributed by atoms with Gasteiger partial charge < -0.3 is 5.32 Å². The van der Waals surface area contributed by atoms with Crippen molar-refractivity contribution < 1.29 is 0 Å². The van der Waals surface area contributed by atoms with Crippen LogP contribution in [-0.2, 0) is 0 Å². The van der Waals surface area contributed by atoms with Gasteiger partial charge in [-0.3, -0.25) is 0 Å². The third kappa shape index (κ3) is 1.26. The van der Waals surface area contributed by atoms with Crippen LogP contribution in [-0.4, -0.2) is 6.04 Å². The summed E-state index contributed by atoms with van der Waals surface area (Å²) in [6.45, 7) is 4.71. The number of hydrogen-bond donors (Lipinski definition) is 1. The van der Waals surface area contributed by atoms with E-state index in [1.807, 2.05) is 0 Å². The molecule has 0 bridgehead atoms. The molecule has 0 aromatic rings. The van der Waals surface area contributed by atoms with Crippen molar-refractivity contribution in [3.63, 3.8) is 0 Å². The Bertz CT molecular complexity index is 183. The van der Waals surface area contributed by atoms with Crippen LogP contribution in [0.4, 0.5) is 0 Å². The summed E-state index contributed by atoms with van der Waals surface area (Å²) in [5.41, 5.74) is 0. The van der Waals surface area contributed by atoms with Gasteiger partial charge in [-0.05, 0) is 36.8 Å². The average Bonchev–Trinajstić information content (AvgIpc) is 2.49. The van der Waals surface area contributed by atoms with Gasteiger partial charge in [-0.1, -0.05) is 26.3 Å². The summed E-state index contributed by atoms with van der Waals surface area (Å²) in [7, 11) is 0. The van der Waals surface area contributed by atoms with Crippen molar-refractivity contribution in [3.05, 3.63) is 12.3 Å². The Hall–Kier alpha value is -0.460. The zero-order chi connectivity index (χ0) is 8.55. The predicted molar refractivity (Wildman–Crippen MR) is 51.7 cm³/mol. The van der Waals surface area contributed by atoms with Crippen LogP contribution in [0, 0.1) is 17.8 Å². The highest BCUT2D eigenvalue weighted by Gasteiger charge is 2.34. The fraction of sp³-hybridized carbons (Fsp3) is 0.818. The van der Waals surface area contributed by atoms with Crippen LogP contribution in [0.2, 0.25) is 0 Å². The van der Waals surface area contributed by atoms with Gasteiger partial charge >= 0.3 is 0 Å². The molecule has 3 atom stereocenters. The lowest BCUT2D eigenvalue weighted by Gasteiger charge is -2.36. The van der Waals surface area contributed by atoms with E-state index in [0.29, 0.717) is 0 Å². The molecule has 0 radical (unpaired) electrons. The normalized spacial score (nSPS) is 39.8. The molecule has 1 N–H and O–H groups in total. The molecule has 68 valence electrons. The Balaban J connectivity index is 2.06. The van der Waals surface area contributed by atoms with E-state index < -0.39 is 0 Å². The van der Waals surface area contributed by atoms with E-state index in [9.17, 15) is 0 Å². The molecule has 1 heteroatoms. The van der Waals surface area contributed by atoms with Gasteiger partial charge in [-0.2, -0.15) is 0 Å². The molecule has 1 heterocycles. The Kier molecular flexibility index (Phi) is 2.12. The lowest BCUT2D eigenvalue weighted by molar-refractivity contribution is 0.192. The molecule has 1 aliphatic heterocycles. The summed E-state index contributed by atoms with van der Waals surface area (Å²) in [6, 6.07) is 0.763. The zero-order valence-corrected chi connectivity index (χ0v) is 8.09. The number of rotatable bonds is 1. The van der Waals surface area contributed by atoms with Crippen LogP contribution >= 0.6 is 0 Å².